The van der Waals surface area contributed by atoms with Gasteiger partial charge in [-0.05, 0) is 41.9 Å². The maximum atomic E-state index is 5.89. The predicted molar refractivity (Wildman–Crippen MR) is 72.2 cm³/mol. The SMILES string of the molecule is CC1(C)CN(c2ccc(Br)cn2)CC(CN)O1. The van der Waals surface area contributed by atoms with Crippen LogP contribution >= 0.6 is 15.9 Å². The van der Waals surface area contributed by atoms with Gasteiger partial charge < -0.3 is 15.4 Å². The second-order valence-corrected chi connectivity index (χ2v) is 5.87. The summed E-state index contributed by atoms with van der Waals surface area (Å²) in [4.78, 5) is 6.65. The predicted octanol–water partition coefficient (Wildman–Crippen LogP) is 1.79. The van der Waals surface area contributed by atoms with E-state index in [0.29, 0.717) is 6.54 Å². The van der Waals surface area contributed by atoms with Crippen LogP contribution in [0.5, 0.6) is 0 Å². The molecule has 0 aliphatic carbocycles. The van der Waals surface area contributed by atoms with Crippen molar-refractivity contribution in [2.75, 3.05) is 24.5 Å². The molecule has 0 saturated carbocycles. The number of hydrogen-bond acceptors (Lipinski definition) is 4. The van der Waals surface area contributed by atoms with Gasteiger partial charge in [-0.25, -0.2) is 4.98 Å². The second-order valence-electron chi connectivity index (χ2n) is 4.95. The van der Waals surface area contributed by atoms with Gasteiger partial charge in [-0.1, -0.05) is 0 Å². The van der Waals surface area contributed by atoms with Gasteiger partial charge in [0, 0.05) is 30.3 Å². The lowest BCUT2D eigenvalue weighted by molar-refractivity contribution is -0.0790. The number of ether oxygens (including phenoxy) is 1. The Bertz CT molecular complexity index is 380. The van der Waals surface area contributed by atoms with Crippen LogP contribution in [0.15, 0.2) is 22.8 Å². The van der Waals surface area contributed by atoms with Gasteiger partial charge >= 0.3 is 0 Å². The van der Waals surface area contributed by atoms with Crippen LogP contribution in [-0.4, -0.2) is 36.3 Å². The minimum atomic E-state index is -0.183. The first-order valence-electron chi connectivity index (χ1n) is 5.74. The van der Waals surface area contributed by atoms with Gasteiger partial charge in [-0.3, -0.25) is 0 Å². The van der Waals surface area contributed by atoms with Gasteiger partial charge in [0.1, 0.15) is 5.82 Å². The van der Waals surface area contributed by atoms with E-state index < -0.39 is 0 Å². The molecule has 2 heterocycles. The minimum absolute atomic E-state index is 0.0733. The molecule has 1 saturated heterocycles. The molecule has 1 aliphatic rings. The van der Waals surface area contributed by atoms with Crippen LogP contribution in [0.2, 0.25) is 0 Å². The van der Waals surface area contributed by atoms with Crippen molar-refractivity contribution in [1.82, 2.24) is 4.98 Å². The summed E-state index contributed by atoms with van der Waals surface area (Å²) < 4.78 is 6.88. The van der Waals surface area contributed by atoms with Crippen LogP contribution < -0.4 is 10.6 Å². The molecule has 17 heavy (non-hydrogen) atoms. The lowest BCUT2D eigenvalue weighted by Crippen LogP contribution is -2.55. The van der Waals surface area contributed by atoms with Crippen LogP contribution in [0.4, 0.5) is 5.82 Å². The highest BCUT2D eigenvalue weighted by atomic mass is 79.9. The van der Waals surface area contributed by atoms with Gasteiger partial charge in [-0.2, -0.15) is 0 Å². The van der Waals surface area contributed by atoms with E-state index in [9.17, 15) is 0 Å². The summed E-state index contributed by atoms with van der Waals surface area (Å²) in [6.45, 7) is 6.34. The van der Waals surface area contributed by atoms with Crippen LogP contribution in [0, 0.1) is 0 Å². The Morgan fingerprint density at radius 3 is 2.94 bits per heavy atom. The Balaban J connectivity index is 2.17. The number of aromatic nitrogens is 1. The second kappa shape index (κ2) is 4.92. The summed E-state index contributed by atoms with van der Waals surface area (Å²) >= 11 is 3.39. The number of nitrogens with zero attached hydrogens (tertiary/aromatic N) is 2. The number of nitrogens with two attached hydrogens (primary N) is 1. The molecule has 2 N–H and O–H groups in total. The van der Waals surface area contributed by atoms with Gasteiger partial charge in [-0.15, -0.1) is 0 Å². The molecule has 0 amide bonds. The third-order valence-corrected chi connectivity index (χ3v) is 3.25. The zero-order chi connectivity index (χ0) is 12.5. The van der Waals surface area contributed by atoms with Crippen molar-refractivity contribution in [3.05, 3.63) is 22.8 Å². The summed E-state index contributed by atoms with van der Waals surface area (Å²) in [5, 5.41) is 0. The molecular formula is C12H18BrN3O. The highest BCUT2D eigenvalue weighted by Crippen LogP contribution is 2.25. The third kappa shape index (κ3) is 3.18. The lowest BCUT2D eigenvalue weighted by Gasteiger charge is -2.43. The largest absolute Gasteiger partial charge is 0.367 e. The maximum Gasteiger partial charge on any atom is 0.128 e. The number of pyridine rings is 1. The van der Waals surface area contributed by atoms with Crippen molar-refractivity contribution in [2.45, 2.75) is 25.6 Å². The molecule has 1 aromatic heterocycles. The Kier molecular flexibility index (Phi) is 3.70. The molecule has 1 atom stereocenters. The molecule has 94 valence electrons. The zero-order valence-corrected chi connectivity index (χ0v) is 11.8. The summed E-state index contributed by atoms with van der Waals surface area (Å²) in [6.07, 6.45) is 1.89. The van der Waals surface area contributed by atoms with E-state index in [-0.39, 0.29) is 11.7 Å². The standard InChI is InChI=1S/C12H18BrN3O/c1-12(2)8-16(7-10(5-14)17-12)11-4-3-9(13)6-15-11/h3-4,6,10H,5,7-8,14H2,1-2H3. The molecule has 1 unspecified atom stereocenters. The van der Waals surface area contributed by atoms with E-state index in [2.05, 4.69) is 39.7 Å². The van der Waals surface area contributed by atoms with Gasteiger partial charge in [0.25, 0.3) is 0 Å². The van der Waals surface area contributed by atoms with Crippen molar-refractivity contribution in [3.63, 3.8) is 0 Å². The van der Waals surface area contributed by atoms with Crippen molar-refractivity contribution >= 4 is 21.7 Å². The van der Waals surface area contributed by atoms with Crippen LogP contribution in [-0.2, 0) is 4.74 Å². The molecule has 1 aromatic rings. The minimum Gasteiger partial charge on any atom is -0.367 e. The van der Waals surface area contributed by atoms with Crippen LogP contribution in [0.1, 0.15) is 13.8 Å². The molecule has 5 heteroatoms. The molecule has 1 aliphatic heterocycles. The van der Waals surface area contributed by atoms with Crippen LogP contribution in [0.3, 0.4) is 0 Å². The molecular weight excluding hydrogens is 282 g/mol. The molecule has 0 spiro atoms. The normalized spacial score (nSPS) is 23.8. The van der Waals surface area contributed by atoms with E-state index in [1.165, 1.54) is 0 Å². The van der Waals surface area contributed by atoms with E-state index in [1.807, 2.05) is 18.3 Å². The van der Waals surface area contributed by atoms with Gasteiger partial charge in [0.15, 0.2) is 0 Å². The fraction of sp³-hybridized carbons (Fsp3) is 0.583. The number of rotatable bonds is 2. The number of halogens is 1. The Morgan fingerprint density at radius 1 is 1.59 bits per heavy atom. The summed E-state index contributed by atoms with van der Waals surface area (Å²) in [5.41, 5.74) is 5.53. The summed E-state index contributed by atoms with van der Waals surface area (Å²) in [6, 6.07) is 4.02. The highest BCUT2D eigenvalue weighted by Gasteiger charge is 2.33. The van der Waals surface area contributed by atoms with E-state index in [1.54, 1.807) is 0 Å². The van der Waals surface area contributed by atoms with Crippen molar-refractivity contribution in [3.8, 4) is 0 Å². The average Bonchev–Trinajstić information content (AvgIpc) is 2.27. The Morgan fingerprint density at radius 2 is 2.35 bits per heavy atom. The highest BCUT2D eigenvalue weighted by molar-refractivity contribution is 9.10. The Hall–Kier alpha value is -0.650. The third-order valence-electron chi connectivity index (χ3n) is 2.78. The molecule has 0 radical (unpaired) electrons. The summed E-state index contributed by atoms with van der Waals surface area (Å²) in [7, 11) is 0. The topological polar surface area (TPSA) is 51.4 Å². The van der Waals surface area contributed by atoms with Gasteiger partial charge in [0.05, 0.1) is 11.7 Å². The maximum absolute atomic E-state index is 5.89. The first kappa shape index (κ1) is 12.8. The number of morpholine rings is 1. The Labute approximate surface area is 110 Å². The smallest absolute Gasteiger partial charge is 0.128 e. The van der Waals surface area contributed by atoms with Crippen molar-refractivity contribution in [1.29, 1.82) is 0 Å². The zero-order valence-electron chi connectivity index (χ0n) is 10.2. The number of hydrogen-bond donors (Lipinski definition) is 1. The lowest BCUT2D eigenvalue weighted by atomic mass is 10.1. The average molecular weight is 300 g/mol. The summed E-state index contributed by atoms with van der Waals surface area (Å²) in [5.74, 6) is 0.975. The molecule has 2 rings (SSSR count). The fourth-order valence-corrected chi connectivity index (χ4v) is 2.38. The fourth-order valence-electron chi connectivity index (χ4n) is 2.15. The number of anilines is 1. The molecule has 0 bridgehead atoms. The van der Waals surface area contributed by atoms with E-state index >= 15 is 0 Å². The van der Waals surface area contributed by atoms with Gasteiger partial charge in [0.2, 0.25) is 0 Å². The van der Waals surface area contributed by atoms with E-state index in [0.717, 1.165) is 23.4 Å². The molecule has 1 fully saturated rings. The van der Waals surface area contributed by atoms with Crippen LogP contribution in [0.25, 0.3) is 0 Å². The van der Waals surface area contributed by atoms with E-state index in [4.69, 9.17) is 10.5 Å². The first-order chi connectivity index (χ1) is 8.00. The monoisotopic (exact) mass is 299 g/mol. The quantitative estimate of drug-likeness (QED) is 0.904. The van der Waals surface area contributed by atoms with Crippen molar-refractivity contribution in [2.24, 2.45) is 5.73 Å². The van der Waals surface area contributed by atoms with Crippen molar-refractivity contribution < 1.29 is 4.74 Å². The molecule has 4 nitrogen and oxygen atoms in total. The first-order valence-corrected chi connectivity index (χ1v) is 6.54. The molecule has 0 aromatic carbocycles.